The van der Waals surface area contributed by atoms with E-state index in [1.165, 1.54) is 10.8 Å². The van der Waals surface area contributed by atoms with Crippen LogP contribution >= 0.6 is 0 Å². The van der Waals surface area contributed by atoms with E-state index in [4.69, 9.17) is 4.74 Å². The lowest BCUT2D eigenvalue weighted by atomic mass is 10.0. The van der Waals surface area contributed by atoms with Crippen molar-refractivity contribution in [1.82, 2.24) is 4.57 Å². The third-order valence-electron chi connectivity index (χ3n) is 5.50. The molecule has 8 heteroatoms. The van der Waals surface area contributed by atoms with Crippen LogP contribution in [0.5, 0.6) is 11.6 Å². The van der Waals surface area contributed by atoms with E-state index in [0.29, 0.717) is 40.8 Å². The third kappa shape index (κ3) is 4.07. The highest BCUT2D eigenvalue weighted by Crippen LogP contribution is 2.30. The van der Waals surface area contributed by atoms with Gasteiger partial charge in [-0.3, -0.25) is 9.79 Å². The average Bonchev–Trinajstić information content (AvgIpc) is 3.02. The molecule has 0 bridgehead atoms. The minimum Gasteiger partial charge on any atom is -0.494 e. The number of ether oxygens (including phenoxy) is 1. The number of hydrogen-bond donors (Lipinski definition) is 1. The molecule has 0 aliphatic carbocycles. The van der Waals surface area contributed by atoms with Gasteiger partial charge < -0.3 is 9.84 Å². The van der Waals surface area contributed by atoms with Gasteiger partial charge in [0.2, 0.25) is 5.88 Å². The molecule has 1 aliphatic heterocycles. The van der Waals surface area contributed by atoms with Crippen LogP contribution in [0.1, 0.15) is 25.8 Å². The molecule has 0 spiro atoms. The number of nitrogens with zero attached hydrogens (tertiary/aromatic N) is 2. The Morgan fingerprint density at radius 2 is 1.84 bits per heavy atom. The Kier molecular flexibility index (Phi) is 5.35. The van der Waals surface area contributed by atoms with Gasteiger partial charge in [0, 0.05) is 17.0 Å². The Labute approximate surface area is 180 Å². The first-order chi connectivity index (χ1) is 14.7. The Hall–Kier alpha value is -3.13. The van der Waals surface area contributed by atoms with Gasteiger partial charge in [-0.05, 0) is 50.6 Å². The number of rotatable bonds is 5. The van der Waals surface area contributed by atoms with Gasteiger partial charge in [-0.2, -0.15) is 0 Å². The summed E-state index contributed by atoms with van der Waals surface area (Å²) in [6, 6.07) is 13.8. The second kappa shape index (κ2) is 7.85. The summed E-state index contributed by atoms with van der Waals surface area (Å²) in [6.07, 6.45) is 1.91. The Bertz CT molecular complexity index is 1330. The maximum atomic E-state index is 13.2. The summed E-state index contributed by atoms with van der Waals surface area (Å²) in [5.41, 5.74) is -0.258. The highest BCUT2D eigenvalue weighted by atomic mass is 32.2. The van der Waals surface area contributed by atoms with Gasteiger partial charge in [0.05, 0.1) is 34.9 Å². The maximum Gasteiger partial charge on any atom is 0.265 e. The fourth-order valence-electron chi connectivity index (χ4n) is 3.90. The molecule has 31 heavy (non-hydrogen) atoms. The normalized spacial score (nSPS) is 20.5. The van der Waals surface area contributed by atoms with Crippen LogP contribution in [0.4, 0.5) is 0 Å². The van der Waals surface area contributed by atoms with Crippen molar-refractivity contribution in [2.24, 2.45) is 4.99 Å². The van der Waals surface area contributed by atoms with Crippen LogP contribution < -0.4 is 10.3 Å². The van der Waals surface area contributed by atoms with Gasteiger partial charge in [0.15, 0.2) is 9.84 Å². The maximum absolute atomic E-state index is 13.2. The summed E-state index contributed by atoms with van der Waals surface area (Å²) in [7, 11) is -3.12. The summed E-state index contributed by atoms with van der Waals surface area (Å²) in [5.74, 6) is 0.477. The number of sulfone groups is 1. The molecule has 162 valence electrons. The monoisotopic (exact) mass is 440 g/mol. The Morgan fingerprint density at radius 1 is 1.16 bits per heavy atom. The highest BCUT2D eigenvalue weighted by Gasteiger charge is 2.37. The first kappa shape index (κ1) is 21.1. The standard InChI is InChI=1S/C23H24N2O5S/c1-3-30-17-10-8-16(9-11-17)25-21(26)19-7-5-4-6-18(19)20(22(25)27)14-24-23(2)12-13-31(28,29)15-23/h4-11,14,27H,3,12-13,15H2,1-2H3. The Morgan fingerprint density at radius 3 is 2.45 bits per heavy atom. The van der Waals surface area contributed by atoms with E-state index < -0.39 is 15.4 Å². The van der Waals surface area contributed by atoms with Crippen molar-refractivity contribution in [1.29, 1.82) is 0 Å². The first-order valence-electron chi connectivity index (χ1n) is 10.1. The van der Waals surface area contributed by atoms with Crippen molar-refractivity contribution in [2.45, 2.75) is 25.8 Å². The van der Waals surface area contributed by atoms with Crippen molar-refractivity contribution in [3.63, 3.8) is 0 Å². The largest absolute Gasteiger partial charge is 0.494 e. The fraction of sp³-hybridized carbons (Fsp3) is 0.304. The van der Waals surface area contributed by atoms with Gasteiger partial charge in [-0.15, -0.1) is 0 Å². The molecular weight excluding hydrogens is 416 g/mol. The van der Waals surface area contributed by atoms with Gasteiger partial charge in [0.1, 0.15) is 5.75 Å². The molecule has 1 N–H and O–H groups in total. The summed E-state index contributed by atoms with van der Waals surface area (Å²) >= 11 is 0. The number of aromatic nitrogens is 1. The number of pyridine rings is 1. The van der Waals surface area contributed by atoms with Crippen LogP contribution in [0.15, 0.2) is 58.3 Å². The predicted molar refractivity (Wildman–Crippen MR) is 122 cm³/mol. The molecule has 0 amide bonds. The van der Waals surface area contributed by atoms with E-state index in [-0.39, 0.29) is 22.9 Å². The molecule has 4 rings (SSSR count). The minimum absolute atomic E-state index is 0.0340. The molecule has 1 aliphatic rings. The molecule has 1 atom stereocenters. The van der Waals surface area contributed by atoms with Gasteiger partial charge in [0.25, 0.3) is 5.56 Å². The molecule has 3 aromatic rings. The SMILES string of the molecule is CCOc1ccc(-n2c(O)c(C=NC3(C)CCS(=O)(=O)C3)c3ccccc3c2=O)cc1. The predicted octanol–water partition coefficient (Wildman–Crippen LogP) is 3.09. The molecule has 0 saturated carbocycles. The van der Waals surface area contributed by atoms with E-state index in [9.17, 15) is 18.3 Å². The molecule has 1 saturated heterocycles. The smallest absolute Gasteiger partial charge is 0.265 e. The zero-order valence-corrected chi connectivity index (χ0v) is 18.2. The molecule has 0 radical (unpaired) electrons. The summed E-state index contributed by atoms with van der Waals surface area (Å²) < 4.78 is 30.5. The molecule has 2 heterocycles. The fourth-order valence-corrected chi connectivity index (χ4v) is 5.96. The number of fused-ring (bicyclic) bond motifs is 1. The second-order valence-corrected chi connectivity index (χ2v) is 10.1. The lowest BCUT2D eigenvalue weighted by molar-refractivity contribution is 0.340. The number of aliphatic imine (C=N–C) groups is 1. The van der Waals surface area contributed by atoms with Crippen LogP contribution in [-0.2, 0) is 9.84 Å². The Balaban J connectivity index is 1.88. The van der Waals surface area contributed by atoms with Crippen molar-refractivity contribution in [2.75, 3.05) is 18.1 Å². The number of aromatic hydroxyl groups is 1. The lowest BCUT2D eigenvalue weighted by Crippen LogP contribution is -2.24. The van der Waals surface area contributed by atoms with Crippen LogP contribution in [0.25, 0.3) is 16.5 Å². The lowest BCUT2D eigenvalue weighted by Gasteiger charge is -2.17. The van der Waals surface area contributed by atoms with E-state index in [0.717, 1.165) is 0 Å². The number of hydrogen-bond acceptors (Lipinski definition) is 6. The quantitative estimate of drug-likeness (QED) is 0.615. The van der Waals surface area contributed by atoms with E-state index in [1.807, 2.05) is 6.92 Å². The van der Waals surface area contributed by atoms with E-state index in [1.54, 1.807) is 55.5 Å². The highest BCUT2D eigenvalue weighted by molar-refractivity contribution is 7.91. The first-order valence-corrected chi connectivity index (χ1v) is 11.9. The zero-order valence-electron chi connectivity index (χ0n) is 17.4. The van der Waals surface area contributed by atoms with Gasteiger partial charge >= 0.3 is 0 Å². The van der Waals surface area contributed by atoms with Crippen molar-refractivity contribution < 1.29 is 18.3 Å². The van der Waals surface area contributed by atoms with E-state index in [2.05, 4.69) is 4.99 Å². The van der Waals surface area contributed by atoms with Crippen molar-refractivity contribution >= 4 is 26.8 Å². The zero-order chi connectivity index (χ0) is 22.2. The number of benzene rings is 2. The second-order valence-electron chi connectivity index (χ2n) is 7.95. The average molecular weight is 441 g/mol. The third-order valence-corrected chi connectivity index (χ3v) is 7.39. The molecule has 7 nitrogen and oxygen atoms in total. The molecule has 1 fully saturated rings. The summed E-state index contributed by atoms with van der Waals surface area (Å²) in [4.78, 5) is 17.7. The van der Waals surface area contributed by atoms with Crippen LogP contribution in [-0.4, -0.2) is 48.0 Å². The molecular formula is C23H24N2O5S. The van der Waals surface area contributed by atoms with Gasteiger partial charge in [-0.25, -0.2) is 13.0 Å². The van der Waals surface area contributed by atoms with Crippen LogP contribution in [0.2, 0.25) is 0 Å². The van der Waals surface area contributed by atoms with Crippen molar-refractivity contribution in [3.8, 4) is 17.3 Å². The minimum atomic E-state index is -3.12. The van der Waals surface area contributed by atoms with Crippen LogP contribution in [0, 0.1) is 0 Å². The molecule has 1 unspecified atom stereocenters. The van der Waals surface area contributed by atoms with Gasteiger partial charge in [-0.1, -0.05) is 18.2 Å². The van der Waals surface area contributed by atoms with E-state index >= 15 is 0 Å². The van der Waals surface area contributed by atoms with Crippen molar-refractivity contribution in [3.05, 3.63) is 64.4 Å². The molecule has 1 aromatic heterocycles. The summed E-state index contributed by atoms with van der Waals surface area (Å²) in [6.45, 7) is 4.20. The summed E-state index contributed by atoms with van der Waals surface area (Å²) in [5, 5.41) is 12.1. The topological polar surface area (TPSA) is 98.0 Å². The van der Waals surface area contributed by atoms with Crippen LogP contribution in [0.3, 0.4) is 0 Å². The molecule has 2 aromatic carbocycles.